The zero-order chi connectivity index (χ0) is 21.9. The second kappa shape index (κ2) is 7.41. The normalized spacial score (nSPS) is 19.5. The standard InChI is InChI=1S/C31H25NS/c1-19-13-31-28(25-11-4-5-12-30(25)33-31)17-26(19)21-8-6-9-22(14-21)27-16-23(29-18-32-29)15-20-7-2-3-10-24(20)27/h2-12,14-17,19,29,32H,13,18H2,1H3/t19?,29-/m0/s1. The Morgan fingerprint density at radius 1 is 0.818 bits per heavy atom. The van der Waals surface area contributed by atoms with Crippen LogP contribution in [-0.4, -0.2) is 6.54 Å². The van der Waals surface area contributed by atoms with E-state index in [4.69, 9.17) is 0 Å². The van der Waals surface area contributed by atoms with Crippen LogP contribution in [0.5, 0.6) is 0 Å². The molecule has 4 aromatic carbocycles. The van der Waals surface area contributed by atoms with Gasteiger partial charge in [-0.05, 0) is 92.2 Å². The van der Waals surface area contributed by atoms with Gasteiger partial charge in [-0.2, -0.15) is 0 Å². The summed E-state index contributed by atoms with van der Waals surface area (Å²) in [5.74, 6) is 0.513. The largest absolute Gasteiger partial charge is 0.307 e. The summed E-state index contributed by atoms with van der Waals surface area (Å²) in [5, 5.41) is 7.53. The van der Waals surface area contributed by atoms with E-state index in [1.807, 2.05) is 11.3 Å². The molecule has 1 fully saturated rings. The molecular weight excluding hydrogens is 418 g/mol. The molecule has 1 unspecified atom stereocenters. The Bertz CT molecular complexity index is 1570. The molecule has 33 heavy (non-hydrogen) atoms. The molecule has 1 saturated heterocycles. The summed E-state index contributed by atoms with van der Waals surface area (Å²) in [7, 11) is 0. The van der Waals surface area contributed by atoms with Crippen molar-refractivity contribution in [3.8, 4) is 11.1 Å². The zero-order valence-corrected chi connectivity index (χ0v) is 19.5. The van der Waals surface area contributed by atoms with Gasteiger partial charge in [-0.25, -0.2) is 0 Å². The lowest BCUT2D eigenvalue weighted by molar-refractivity contribution is 0.748. The third kappa shape index (κ3) is 3.25. The Balaban J connectivity index is 1.38. The fraction of sp³-hybridized carbons (Fsp3) is 0.161. The van der Waals surface area contributed by atoms with E-state index in [2.05, 4.69) is 103 Å². The van der Waals surface area contributed by atoms with Gasteiger partial charge in [0.25, 0.3) is 0 Å². The Hall–Kier alpha value is -3.20. The van der Waals surface area contributed by atoms with E-state index in [9.17, 15) is 0 Å². The molecule has 1 aromatic heterocycles. The highest BCUT2D eigenvalue weighted by Crippen LogP contribution is 2.43. The first kappa shape index (κ1) is 19.3. The third-order valence-electron chi connectivity index (χ3n) is 7.23. The number of rotatable bonds is 3. The summed E-state index contributed by atoms with van der Waals surface area (Å²) in [4.78, 5) is 1.53. The van der Waals surface area contributed by atoms with Crippen LogP contribution >= 0.6 is 11.3 Å². The summed E-state index contributed by atoms with van der Waals surface area (Å²) in [6.07, 6.45) is 3.58. The Kier molecular flexibility index (Phi) is 4.33. The Morgan fingerprint density at radius 2 is 1.61 bits per heavy atom. The van der Waals surface area contributed by atoms with E-state index in [1.54, 1.807) is 0 Å². The molecule has 5 aromatic rings. The molecule has 2 heteroatoms. The zero-order valence-electron chi connectivity index (χ0n) is 18.6. The highest BCUT2D eigenvalue weighted by molar-refractivity contribution is 7.19. The van der Waals surface area contributed by atoms with E-state index < -0.39 is 0 Å². The summed E-state index contributed by atoms with van der Waals surface area (Å²) >= 11 is 1.96. The summed E-state index contributed by atoms with van der Waals surface area (Å²) < 4.78 is 1.40. The maximum absolute atomic E-state index is 3.48. The number of hydrogen-bond donors (Lipinski definition) is 1. The number of fused-ring (bicyclic) bond motifs is 4. The predicted molar refractivity (Wildman–Crippen MR) is 143 cm³/mol. The molecule has 1 N–H and O–H groups in total. The highest BCUT2D eigenvalue weighted by atomic mass is 32.1. The average molecular weight is 444 g/mol. The van der Waals surface area contributed by atoms with Crippen LogP contribution in [0.4, 0.5) is 0 Å². The SMILES string of the molecule is CC1Cc2sc3ccccc3c2C=C1c1cccc(-c2cc([C@@H]3CN3)cc3ccccc23)c1. The molecule has 2 atom stereocenters. The van der Waals surface area contributed by atoms with Gasteiger partial charge in [-0.15, -0.1) is 11.3 Å². The highest BCUT2D eigenvalue weighted by Gasteiger charge is 2.25. The molecule has 0 amide bonds. The van der Waals surface area contributed by atoms with Gasteiger partial charge in [0, 0.05) is 22.2 Å². The van der Waals surface area contributed by atoms with Gasteiger partial charge in [0.15, 0.2) is 0 Å². The van der Waals surface area contributed by atoms with Crippen LogP contribution in [0.1, 0.15) is 34.5 Å². The van der Waals surface area contributed by atoms with E-state index in [1.165, 1.54) is 59.1 Å². The number of benzene rings is 4. The molecule has 1 aliphatic carbocycles. The monoisotopic (exact) mass is 443 g/mol. The summed E-state index contributed by atoms with van der Waals surface area (Å²) in [6.45, 7) is 3.46. The smallest absolute Gasteiger partial charge is 0.0448 e. The lowest BCUT2D eigenvalue weighted by Gasteiger charge is -2.22. The fourth-order valence-electron chi connectivity index (χ4n) is 5.41. The molecule has 0 saturated carbocycles. The van der Waals surface area contributed by atoms with E-state index in [0.29, 0.717) is 12.0 Å². The first-order chi connectivity index (χ1) is 16.2. The molecule has 1 nitrogen and oxygen atoms in total. The Labute approximate surface area is 198 Å². The van der Waals surface area contributed by atoms with Gasteiger partial charge >= 0.3 is 0 Å². The molecule has 7 rings (SSSR count). The van der Waals surface area contributed by atoms with Crippen molar-refractivity contribution in [2.24, 2.45) is 5.92 Å². The Morgan fingerprint density at radius 3 is 2.48 bits per heavy atom. The molecule has 2 heterocycles. The minimum Gasteiger partial charge on any atom is -0.307 e. The van der Waals surface area contributed by atoms with Gasteiger partial charge in [0.1, 0.15) is 0 Å². The average Bonchev–Trinajstić information content (AvgIpc) is 3.64. The van der Waals surface area contributed by atoms with Gasteiger partial charge in [0.2, 0.25) is 0 Å². The van der Waals surface area contributed by atoms with Crippen LogP contribution in [0.25, 0.3) is 43.6 Å². The molecule has 0 bridgehead atoms. The van der Waals surface area contributed by atoms with E-state index in [0.717, 1.165) is 13.0 Å². The van der Waals surface area contributed by atoms with Crippen molar-refractivity contribution in [3.63, 3.8) is 0 Å². The molecule has 2 aliphatic rings. The van der Waals surface area contributed by atoms with Crippen LogP contribution in [0, 0.1) is 5.92 Å². The van der Waals surface area contributed by atoms with Crippen LogP contribution in [-0.2, 0) is 6.42 Å². The second-order valence-corrected chi connectivity index (χ2v) is 10.6. The van der Waals surface area contributed by atoms with Gasteiger partial charge in [-0.3, -0.25) is 0 Å². The van der Waals surface area contributed by atoms with Gasteiger partial charge in [0.05, 0.1) is 0 Å². The minimum atomic E-state index is 0.503. The van der Waals surface area contributed by atoms with Gasteiger partial charge < -0.3 is 5.32 Å². The van der Waals surface area contributed by atoms with Crippen LogP contribution in [0.3, 0.4) is 0 Å². The molecule has 0 radical (unpaired) electrons. The van der Waals surface area contributed by atoms with E-state index >= 15 is 0 Å². The third-order valence-corrected chi connectivity index (χ3v) is 8.44. The van der Waals surface area contributed by atoms with Crippen molar-refractivity contribution in [1.82, 2.24) is 5.32 Å². The molecule has 160 valence electrons. The maximum Gasteiger partial charge on any atom is 0.0448 e. The fourth-order valence-corrected chi connectivity index (χ4v) is 6.73. The van der Waals surface area contributed by atoms with E-state index in [-0.39, 0.29) is 0 Å². The second-order valence-electron chi connectivity index (χ2n) is 9.47. The van der Waals surface area contributed by atoms with Crippen molar-refractivity contribution in [1.29, 1.82) is 0 Å². The number of thiophene rings is 1. The lowest BCUT2D eigenvalue weighted by atomic mass is 9.83. The van der Waals surface area contributed by atoms with Crippen molar-refractivity contribution in [3.05, 3.63) is 106 Å². The lowest BCUT2D eigenvalue weighted by Crippen LogP contribution is -2.07. The maximum atomic E-state index is 3.48. The number of hydrogen-bond acceptors (Lipinski definition) is 2. The van der Waals surface area contributed by atoms with Crippen LogP contribution in [0.2, 0.25) is 0 Å². The van der Waals surface area contributed by atoms with Crippen molar-refractivity contribution in [2.75, 3.05) is 6.54 Å². The molecule has 1 aliphatic heterocycles. The van der Waals surface area contributed by atoms with Crippen molar-refractivity contribution in [2.45, 2.75) is 19.4 Å². The number of nitrogens with one attached hydrogen (secondary N) is 1. The molecule has 0 spiro atoms. The first-order valence-electron chi connectivity index (χ1n) is 11.8. The van der Waals surface area contributed by atoms with Crippen molar-refractivity contribution >= 4 is 43.8 Å². The summed E-state index contributed by atoms with van der Waals surface area (Å²) in [6, 6.07) is 32.1. The minimum absolute atomic E-state index is 0.503. The first-order valence-corrected chi connectivity index (χ1v) is 12.6. The van der Waals surface area contributed by atoms with Crippen molar-refractivity contribution < 1.29 is 0 Å². The van der Waals surface area contributed by atoms with Crippen LogP contribution < -0.4 is 5.32 Å². The summed E-state index contributed by atoms with van der Waals surface area (Å²) in [5.41, 5.74) is 8.27. The predicted octanol–water partition coefficient (Wildman–Crippen LogP) is 8.10. The number of allylic oxidation sites excluding steroid dienone is 1. The van der Waals surface area contributed by atoms with Gasteiger partial charge in [-0.1, -0.05) is 67.6 Å². The quantitative estimate of drug-likeness (QED) is 0.280. The topological polar surface area (TPSA) is 21.9 Å². The van der Waals surface area contributed by atoms with Crippen LogP contribution in [0.15, 0.2) is 84.9 Å². The molecular formula is C31H25NS.